The molecule has 0 radical (unpaired) electrons. The van der Waals surface area contributed by atoms with E-state index in [2.05, 4.69) is 21.2 Å². The van der Waals surface area contributed by atoms with E-state index < -0.39 is 0 Å². The predicted molar refractivity (Wildman–Crippen MR) is 64.8 cm³/mol. The summed E-state index contributed by atoms with van der Waals surface area (Å²) in [6, 6.07) is 5.10. The summed E-state index contributed by atoms with van der Waals surface area (Å²) in [7, 11) is 0. The summed E-state index contributed by atoms with van der Waals surface area (Å²) in [6.07, 6.45) is 1.49. The van der Waals surface area contributed by atoms with Crippen molar-refractivity contribution < 1.29 is 9.50 Å². The number of nitrogens with one attached hydrogen (secondary N) is 1. The van der Waals surface area contributed by atoms with E-state index in [1.807, 2.05) is 6.07 Å². The Labute approximate surface area is 103 Å². The molecule has 2 N–H and O–H groups in total. The van der Waals surface area contributed by atoms with Crippen LogP contribution in [-0.4, -0.2) is 24.8 Å². The minimum absolute atomic E-state index is 0.107. The lowest BCUT2D eigenvalue weighted by Crippen LogP contribution is -2.31. The van der Waals surface area contributed by atoms with Gasteiger partial charge in [0, 0.05) is 16.4 Å². The average Bonchev–Trinajstić information content (AvgIpc) is 2.72. The van der Waals surface area contributed by atoms with Crippen LogP contribution in [0.5, 0.6) is 0 Å². The molecule has 0 saturated carbocycles. The zero-order chi connectivity index (χ0) is 11.6. The zero-order valence-corrected chi connectivity index (χ0v) is 10.6. The fraction of sp³-hybridized carbons (Fsp3) is 0.500. The van der Waals surface area contributed by atoms with Gasteiger partial charge in [0.15, 0.2) is 0 Å². The maximum absolute atomic E-state index is 13.7. The van der Waals surface area contributed by atoms with Gasteiger partial charge < -0.3 is 10.4 Å². The molecule has 1 aliphatic rings. The fourth-order valence-corrected chi connectivity index (χ4v) is 2.54. The first-order chi connectivity index (χ1) is 7.65. The van der Waals surface area contributed by atoms with Crippen LogP contribution in [0.3, 0.4) is 0 Å². The van der Waals surface area contributed by atoms with E-state index >= 15 is 0 Å². The highest BCUT2D eigenvalue weighted by Crippen LogP contribution is 2.31. The van der Waals surface area contributed by atoms with Crippen LogP contribution in [0.1, 0.15) is 12.0 Å². The zero-order valence-electron chi connectivity index (χ0n) is 8.97. The normalized spacial score (nSPS) is 24.9. The number of aliphatic hydroxyl groups is 1. The molecule has 1 atom stereocenters. The Morgan fingerprint density at radius 1 is 1.50 bits per heavy atom. The Morgan fingerprint density at radius 2 is 2.31 bits per heavy atom. The summed E-state index contributed by atoms with van der Waals surface area (Å²) in [5.74, 6) is -0.200. The van der Waals surface area contributed by atoms with Crippen LogP contribution in [0.2, 0.25) is 0 Å². The van der Waals surface area contributed by atoms with E-state index in [9.17, 15) is 9.50 Å². The lowest BCUT2D eigenvalue weighted by atomic mass is 9.81. The Bertz CT molecular complexity index is 377. The van der Waals surface area contributed by atoms with Crippen LogP contribution >= 0.6 is 15.9 Å². The summed E-state index contributed by atoms with van der Waals surface area (Å²) in [4.78, 5) is 0. The smallest absolute Gasteiger partial charge is 0.127 e. The minimum atomic E-state index is -0.200. The van der Waals surface area contributed by atoms with Crippen molar-refractivity contribution in [2.45, 2.75) is 12.8 Å². The first kappa shape index (κ1) is 12.0. The molecule has 0 amide bonds. The van der Waals surface area contributed by atoms with Crippen LogP contribution in [0.4, 0.5) is 4.39 Å². The molecule has 1 aliphatic heterocycles. The van der Waals surface area contributed by atoms with Crippen LogP contribution in [-0.2, 0) is 6.42 Å². The topological polar surface area (TPSA) is 32.3 Å². The largest absolute Gasteiger partial charge is 0.396 e. The van der Waals surface area contributed by atoms with Crippen molar-refractivity contribution in [1.29, 1.82) is 0 Å². The standard InChI is InChI=1S/C12H15BrFNO/c13-10-2-1-9(11(14)5-10)6-12(8-16)3-4-15-7-12/h1-2,5,15-16H,3-4,6-8H2. The lowest BCUT2D eigenvalue weighted by molar-refractivity contribution is 0.142. The first-order valence-electron chi connectivity index (χ1n) is 5.41. The van der Waals surface area contributed by atoms with Gasteiger partial charge in [0.25, 0.3) is 0 Å². The Kier molecular flexibility index (Phi) is 3.62. The quantitative estimate of drug-likeness (QED) is 0.893. The van der Waals surface area contributed by atoms with Crippen molar-refractivity contribution in [2.24, 2.45) is 5.41 Å². The molecule has 0 bridgehead atoms. The first-order valence-corrected chi connectivity index (χ1v) is 6.20. The number of hydrogen-bond donors (Lipinski definition) is 2. The molecule has 1 aromatic rings. The van der Waals surface area contributed by atoms with E-state index in [1.165, 1.54) is 6.07 Å². The Hall–Kier alpha value is -0.450. The van der Waals surface area contributed by atoms with Gasteiger partial charge in [-0.25, -0.2) is 4.39 Å². The molecule has 0 aliphatic carbocycles. The van der Waals surface area contributed by atoms with Crippen LogP contribution < -0.4 is 5.32 Å². The molecule has 0 spiro atoms. The van der Waals surface area contributed by atoms with Gasteiger partial charge in [0.05, 0.1) is 6.61 Å². The van der Waals surface area contributed by atoms with E-state index in [-0.39, 0.29) is 17.8 Å². The molecular formula is C12H15BrFNO. The van der Waals surface area contributed by atoms with Crippen molar-refractivity contribution in [3.63, 3.8) is 0 Å². The van der Waals surface area contributed by atoms with E-state index in [0.29, 0.717) is 12.0 Å². The molecule has 1 heterocycles. The second kappa shape index (κ2) is 4.82. The van der Waals surface area contributed by atoms with Gasteiger partial charge in [-0.3, -0.25) is 0 Å². The minimum Gasteiger partial charge on any atom is -0.396 e. The molecule has 0 aromatic heterocycles. The molecule has 2 nitrogen and oxygen atoms in total. The summed E-state index contributed by atoms with van der Waals surface area (Å²) in [6.45, 7) is 1.77. The molecule has 1 fully saturated rings. The van der Waals surface area contributed by atoms with Crippen molar-refractivity contribution in [2.75, 3.05) is 19.7 Å². The van der Waals surface area contributed by atoms with Gasteiger partial charge in [-0.1, -0.05) is 22.0 Å². The number of hydrogen-bond acceptors (Lipinski definition) is 2. The van der Waals surface area contributed by atoms with Crippen molar-refractivity contribution >= 4 is 15.9 Å². The highest BCUT2D eigenvalue weighted by Gasteiger charge is 2.33. The lowest BCUT2D eigenvalue weighted by Gasteiger charge is -2.25. The van der Waals surface area contributed by atoms with Crippen LogP contribution in [0.25, 0.3) is 0 Å². The Balaban J connectivity index is 2.19. The van der Waals surface area contributed by atoms with Crippen molar-refractivity contribution in [3.8, 4) is 0 Å². The summed E-state index contributed by atoms with van der Waals surface area (Å²) >= 11 is 3.24. The Morgan fingerprint density at radius 3 is 2.88 bits per heavy atom. The monoisotopic (exact) mass is 287 g/mol. The maximum Gasteiger partial charge on any atom is 0.127 e. The highest BCUT2D eigenvalue weighted by molar-refractivity contribution is 9.10. The molecule has 2 rings (SSSR count). The second-order valence-electron chi connectivity index (χ2n) is 4.50. The van der Waals surface area contributed by atoms with E-state index in [4.69, 9.17) is 0 Å². The molecular weight excluding hydrogens is 273 g/mol. The predicted octanol–water partition coefficient (Wildman–Crippen LogP) is 2.10. The highest BCUT2D eigenvalue weighted by atomic mass is 79.9. The number of halogens is 2. The van der Waals surface area contributed by atoms with Gasteiger partial charge in [0.2, 0.25) is 0 Å². The molecule has 88 valence electrons. The summed E-state index contributed by atoms with van der Waals surface area (Å²) < 4.78 is 14.4. The van der Waals surface area contributed by atoms with Gasteiger partial charge in [-0.2, -0.15) is 0 Å². The van der Waals surface area contributed by atoms with Gasteiger partial charge >= 0.3 is 0 Å². The molecule has 4 heteroatoms. The van der Waals surface area contributed by atoms with E-state index in [1.54, 1.807) is 6.07 Å². The molecule has 1 saturated heterocycles. The fourth-order valence-electron chi connectivity index (χ4n) is 2.21. The van der Waals surface area contributed by atoms with Crippen LogP contribution in [0, 0.1) is 11.2 Å². The average molecular weight is 288 g/mol. The third-order valence-electron chi connectivity index (χ3n) is 3.25. The molecule has 16 heavy (non-hydrogen) atoms. The molecule has 1 aromatic carbocycles. The SMILES string of the molecule is OCC1(Cc2ccc(Br)cc2F)CCNC1. The van der Waals surface area contributed by atoms with Crippen LogP contribution in [0.15, 0.2) is 22.7 Å². The maximum atomic E-state index is 13.7. The number of aliphatic hydroxyl groups excluding tert-OH is 1. The van der Waals surface area contributed by atoms with Crippen molar-refractivity contribution in [1.82, 2.24) is 5.32 Å². The summed E-state index contributed by atoms with van der Waals surface area (Å²) in [5.41, 5.74) is 0.496. The number of benzene rings is 1. The van der Waals surface area contributed by atoms with Gasteiger partial charge in [-0.15, -0.1) is 0 Å². The van der Waals surface area contributed by atoms with Gasteiger partial charge in [0.1, 0.15) is 5.82 Å². The third kappa shape index (κ3) is 2.44. The second-order valence-corrected chi connectivity index (χ2v) is 5.41. The van der Waals surface area contributed by atoms with Crippen molar-refractivity contribution in [3.05, 3.63) is 34.1 Å². The van der Waals surface area contributed by atoms with E-state index in [0.717, 1.165) is 24.0 Å². The third-order valence-corrected chi connectivity index (χ3v) is 3.74. The number of rotatable bonds is 3. The molecule has 1 unspecified atom stereocenters. The summed E-state index contributed by atoms with van der Waals surface area (Å²) in [5, 5.41) is 12.7. The van der Waals surface area contributed by atoms with Gasteiger partial charge in [-0.05, 0) is 37.1 Å².